The van der Waals surface area contributed by atoms with E-state index in [0.29, 0.717) is 6.79 Å². The second-order valence-corrected chi connectivity index (χ2v) is 7.45. The number of furan rings is 1. The maximum atomic E-state index is 5.73. The van der Waals surface area contributed by atoms with E-state index in [-0.39, 0.29) is 30.0 Å². The first-order valence-electron chi connectivity index (χ1n) is 10.4. The summed E-state index contributed by atoms with van der Waals surface area (Å²) in [5.74, 6) is 3.46. The lowest BCUT2D eigenvalue weighted by molar-refractivity contribution is 0.146. The molecule has 1 unspecified atom stereocenters. The summed E-state index contributed by atoms with van der Waals surface area (Å²) in [6.07, 6.45) is 6.45. The molecule has 0 saturated carbocycles. The number of ether oxygens (including phenoxy) is 2. The summed E-state index contributed by atoms with van der Waals surface area (Å²) in [6.45, 7) is 4.08. The van der Waals surface area contributed by atoms with E-state index in [0.717, 1.165) is 55.8 Å². The smallest absolute Gasteiger partial charge is 0.231 e. The Balaban J connectivity index is 0.00000256. The number of aliphatic imine (C=N–C) groups is 1. The van der Waals surface area contributed by atoms with Gasteiger partial charge in [0, 0.05) is 20.1 Å². The standard InChI is InChI=1S/C22H30N4O3.HI/c1-23-22(24-10-9-17-7-8-20-21(14-17)29-16-28-20)25-15-18(19-6-5-13-27-19)26-11-3-2-4-12-26;/h5-8,13-14,18H,2-4,9-12,15-16H2,1H3,(H2,23,24,25);1H. The molecule has 0 radical (unpaired) electrons. The number of likely N-dealkylation sites (tertiary alicyclic amines) is 1. The molecule has 2 aromatic rings. The maximum Gasteiger partial charge on any atom is 0.231 e. The van der Waals surface area contributed by atoms with Gasteiger partial charge in [-0.1, -0.05) is 12.5 Å². The van der Waals surface area contributed by atoms with E-state index >= 15 is 0 Å². The minimum Gasteiger partial charge on any atom is -0.468 e. The molecule has 1 fully saturated rings. The number of nitrogens with one attached hydrogen (secondary N) is 2. The van der Waals surface area contributed by atoms with Gasteiger partial charge >= 0.3 is 0 Å². The van der Waals surface area contributed by atoms with Crippen LogP contribution in [-0.4, -0.2) is 50.9 Å². The lowest BCUT2D eigenvalue weighted by Gasteiger charge is -2.33. The Morgan fingerprint density at radius 3 is 2.70 bits per heavy atom. The van der Waals surface area contributed by atoms with Crippen LogP contribution in [0.1, 0.15) is 36.6 Å². The van der Waals surface area contributed by atoms with Crippen LogP contribution in [-0.2, 0) is 6.42 Å². The Morgan fingerprint density at radius 1 is 1.10 bits per heavy atom. The first kappa shape index (κ1) is 22.7. The molecule has 2 aliphatic heterocycles. The maximum absolute atomic E-state index is 5.73. The summed E-state index contributed by atoms with van der Waals surface area (Å²) in [5.41, 5.74) is 1.21. The number of nitrogens with zero attached hydrogens (tertiary/aromatic N) is 2. The zero-order valence-corrected chi connectivity index (χ0v) is 19.8. The molecule has 1 aromatic heterocycles. The molecule has 8 heteroatoms. The molecule has 30 heavy (non-hydrogen) atoms. The van der Waals surface area contributed by atoms with Gasteiger partial charge in [-0.2, -0.15) is 0 Å². The van der Waals surface area contributed by atoms with Crippen LogP contribution in [0.25, 0.3) is 0 Å². The van der Waals surface area contributed by atoms with Crippen LogP contribution in [0.2, 0.25) is 0 Å². The van der Waals surface area contributed by atoms with Crippen molar-refractivity contribution in [3.8, 4) is 11.5 Å². The van der Waals surface area contributed by atoms with Crippen LogP contribution in [0, 0.1) is 0 Å². The van der Waals surface area contributed by atoms with Crippen LogP contribution >= 0.6 is 24.0 Å². The van der Waals surface area contributed by atoms with Crippen molar-refractivity contribution in [1.82, 2.24) is 15.5 Å². The lowest BCUT2D eigenvalue weighted by Crippen LogP contribution is -2.44. The van der Waals surface area contributed by atoms with Gasteiger partial charge in [-0.3, -0.25) is 9.89 Å². The van der Waals surface area contributed by atoms with Crippen LogP contribution in [0.15, 0.2) is 46.0 Å². The monoisotopic (exact) mass is 526 g/mol. The van der Waals surface area contributed by atoms with Crippen molar-refractivity contribution in [3.63, 3.8) is 0 Å². The number of rotatable bonds is 7. The number of fused-ring (bicyclic) bond motifs is 1. The topological polar surface area (TPSA) is 71.3 Å². The summed E-state index contributed by atoms with van der Waals surface area (Å²) >= 11 is 0. The summed E-state index contributed by atoms with van der Waals surface area (Å²) in [7, 11) is 1.80. The van der Waals surface area contributed by atoms with E-state index in [1.807, 2.05) is 18.2 Å². The fourth-order valence-corrected chi connectivity index (χ4v) is 3.96. The van der Waals surface area contributed by atoms with E-state index < -0.39 is 0 Å². The van der Waals surface area contributed by atoms with E-state index in [9.17, 15) is 0 Å². The number of guanidine groups is 1. The average Bonchev–Trinajstić information content (AvgIpc) is 3.45. The molecule has 1 saturated heterocycles. The first-order chi connectivity index (χ1) is 14.3. The molecule has 2 aliphatic rings. The molecule has 0 aliphatic carbocycles. The highest BCUT2D eigenvalue weighted by atomic mass is 127. The Morgan fingerprint density at radius 2 is 1.93 bits per heavy atom. The average molecular weight is 526 g/mol. The molecule has 164 valence electrons. The molecular weight excluding hydrogens is 495 g/mol. The minimum absolute atomic E-state index is 0. The summed E-state index contributed by atoms with van der Waals surface area (Å²) in [6, 6.07) is 10.3. The fraction of sp³-hybridized carbons (Fsp3) is 0.500. The highest BCUT2D eigenvalue weighted by molar-refractivity contribution is 14.0. The van der Waals surface area contributed by atoms with Crippen molar-refractivity contribution >= 4 is 29.9 Å². The van der Waals surface area contributed by atoms with Crippen molar-refractivity contribution in [2.45, 2.75) is 31.7 Å². The number of halogens is 1. The predicted molar refractivity (Wildman–Crippen MR) is 128 cm³/mol. The van der Waals surface area contributed by atoms with Gasteiger partial charge in [0.25, 0.3) is 0 Å². The Kier molecular flexibility index (Phi) is 8.68. The van der Waals surface area contributed by atoms with Crippen molar-refractivity contribution in [2.75, 3.05) is 40.0 Å². The molecule has 7 nitrogen and oxygen atoms in total. The minimum atomic E-state index is 0. The van der Waals surface area contributed by atoms with Gasteiger partial charge in [0.1, 0.15) is 5.76 Å². The Bertz CT molecular complexity index is 807. The third-order valence-corrected chi connectivity index (χ3v) is 5.53. The normalized spacial score (nSPS) is 17.3. The molecular formula is C22H31IN4O3. The zero-order chi connectivity index (χ0) is 19.9. The van der Waals surface area contributed by atoms with Gasteiger partial charge in [0.15, 0.2) is 17.5 Å². The molecule has 3 heterocycles. The second kappa shape index (κ2) is 11.5. The van der Waals surface area contributed by atoms with Crippen molar-refractivity contribution in [1.29, 1.82) is 0 Å². The second-order valence-electron chi connectivity index (χ2n) is 7.45. The van der Waals surface area contributed by atoms with Gasteiger partial charge in [0.05, 0.1) is 12.3 Å². The van der Waals surface area contributed by atoms with Crippen molar-refractivity contribution in [2.24, 2.45) is 4.99 Å². The molecule has 1 atom stereocenters. The van der Waals surface area contributed by atoms with E-state index in [1.54, 1.807) is 13.3 Å². The quantitative estimate of drug-likeness (QED) is 0.327. The van der Waals surface area contributed by atoms with E-state index in [4.69, 9.17) is 13.9 Å². The lowest BCUT2D eigenvalue weighted by atomic mass is 10.1. The Labute approximate surface area is 195 Å². The SMILES string of the molecule is CN=C(NCCc1ccc2c(c1)OCO2)NCC(c1ccco1)N1CCCCC1.I. The van der Waals surface area contributed by atoms with Gasteiger partial charge in [-0.05, 0) is 62.2 Å². The summed E-state index contributed by atoms with van der Waals surface area (Å²) in [4.78, 5) is 6.89. The van der Waals surface area contributed by atoms with E-state index in [2.05, 4.69) is 32.7 Å². The molecule has 0 amide bonds. The van der Waals surface area contributed by atoms with E-state index in [1.165, 1.54) is 24.8 Å². The van der Waals surface area contributed by atoms with Gasteiger partial charge < -0.3 is 24.5 Å². The zero-order valence-electron chi connectivity index (χ0n) is 17.4. The molecule has 2 N–H and O–H groups in total. The third-order valence-electron chi connectivity index (χ3n) is 5.53. The summed E-state index contributed by atoms with van der Waals surface area (Å²) < 4.78 is 16.5. The van der Waals surface area contributed by atoms with Crippen LogP contribution in [0.3, 0.4) is 0 Å². The largest absolute Gasteiger partial charge is 0.468 e. The number of piperidine rings is 1. The van der Waals surface area contributed by atoms with Gasteiger partial charge in [0.2, 0.25) is 6.79 Å². The van der Waals surface area contributed by atoms with Crippen LogP contribution in [0.5, 0.6) is 11.5 Å². The highest BCUT2D eigenvalue weighted by Crippen LogP contribution is 2.32. The number of benzene rings is 1. The number of hydrogen-bond acceptors (Lipinski definition) is 5. The molecule has 4 rings (SSSR count). The molecule has 0 spiro atoms. The third kappa shape index (κ3) is 5.81. The first-order valence-corrected chi connectivity index (χ1v) is 10.4. The van der Waals surface area contributed by atoms with Crippen molar-refractivity contribution < 1.29 is 13.9 Å². The fourth-order valence-electron chi connectivity index (χ4n) is 3.96. The molecule has 1 aromatic carbocycles. The Hall–Kier alpha value is -1.94. The summed E-state index contributed by atoms with van der Waals surface area (Å²) in [5, 5.41) is 6.88. The van der Waals surface area contributed by atoms with Gasteiger partial charge in [-0.25, -0.2) is 0 Å². The predicted octanol–water partition coefficient (Wildman–Crippen LogP) is 3.56. The van der Waals surface area contributed by atoms with Crippen LogP contribution < -0.4 is 20.1 Å². The highest BCUT2D eigenvalue weighted by Gasteiger charge is 2.24. The van der Waals surface area contributed by atoms with Gasteiger partial charge in [-0.15, -0.1) is 24.0 Å². The number of hydrogen-bond donors (Lipinski definition) is 2. The molecule has 0 bridgehead atoms. The van der Waals surface area contributed by atoms with Crippen LogP contribution in [0.4, 0.5) is 0 Å². The van der Waals surface area contributed by atoms with Crippen molar-refractivity contribution in [3.05, 3.63) is 47.9 Å².